The topological polar surface area (TPSA) is 49.9 Å². The molecule has 0 bridgehead atoms. The number of phenolic OH excluding ortho intramolecular Hbond substituents is 1. The van der Waals surface area contributed by atoms with Crippen LogP contribution >= 0.6 is 11.3 Å². The van der Waals surface area contributed by atoms with E-state index in [2.05, 4.69) is 42.8 Å². The van der Waals surface area contributed by atoms with E-state index in [1.54, 1.807) is 18.2 Å². The minimum Gasteiger partial charge on any atom is -0.507 e. The van der Waals surface area contributed by atoms with Crippen LogP contribution in [0.4, 0.5) is 0 Å². The van der Waals surface area contributed by atoms with Crippen LogP contribution in [0, 0.1) is 6.92 Å². The number of hydrogen-bond acceptors (Lipinski definition) is 4. The Morgan fingerprint density at radius 2 is 1.92 bits per heavy atom. The lowest BCUT2D eigenvalue weighted by Crippen LogP contribution is -2.14. The van der Waals surface area contributed by atoms with E-state index < -0.39 is 0 Å². The van der Waals surface area contributed by atoms with Crippen LogP contribution in [0.1, 0.15) is 18.1 Å². The Kier molecular flexibility index (Phi) is 5.49. The molecule has 0 aliphatic rings. The van der Waals surface area contributed by atoms with Crippen molar-refractivity contribution < 1.29 is 5.11 Å². The molecule has 0 aliphatic carbocycles. The third-order valence-electron chi connectivity index (χ3n) is 3.93. The molecule has 5 heteroatoms. The molecule has 26 heavy (non-hydrogen) atoms. The van der Waals surface area contributed by atoms with Crippen molar-refractivity contribution in [1.82, 2.24) is 4.68 Å². The van der Waals surface area contributed by atoms with Gasteiger partial charge in [0, 0.05) is 16.5 Å². The molecule has 1 heterocycles. The van der Waals surface area contributed by atoms with Crippen LogP contribution in [0.5, 0.6) is 5.75 Å². The molecule has 3 aromatic rings. The zero-order valence-electron chi connectivity index (χ0n) is 14.9. The predicted molar refractivity (Wildman–Crippen MR) is 109 cm³/mol. The summed E-state index contributed by atoms with van der Waals surface area (Å²) in [6, 6.07) is 15.5. The second kappa shape index (κ2) is 7.97. The molecule has 0 atom stereocenters. The fourth-order valence-corrected chi connectivity index (χ4v) is 3.39. The molecule has 0 unspecified atom stereocenters. The number of rotatable bonds is 5. The van der Waals surface area contributed by atoms with Gasteiger partial charge in [-0.2, -0.15) is 5.10 Å². The molecule has 0 amide bonds. The Hall–Kier alpha value is -2.92. The van der Waals surface area contributed by atoms with Gasteiger partial charge in [0.15, 0.2) is 0 Å². The average molecular weight is 363 g/mol. The van der Waals surface area contributed by atoms with Gasteiger partial charge < -0.3 is 5.11 Å². The monoisotopic (exact) mass is 363 g/mol. The molecular weight excluding hydrogens is 342 g/mol. The van der Waals surface area contributed by atoms with Crippen LogP contribution < -0.4 is 4.80 Å². The number of phenols is 1. The van der Waals surface area contributed by atoms with Crippen molar-refractivity contribution in [2.75, 3.05) is 6.54 Å². The van der Waals surface area contributed by atoms with Crippen molar-refractivity contribution >= 4 is 17.0 Å². The van der Waals surface area contributed by atoms with Crippen LogP contribution in [-0.4, -0.2) is 22.0 Å². The summed E-state index contributed by atoms with van der Waals surface area (Å²) in [5.74, 6) is 0.214. The zero-order chi connectivity index (χ0) is 18.5. The van der Waals surface area contributed by atoms with Gasteiger partial charge in [-0.05, 0) is 26.0 Å². The summed E-state index contributed by atoms with van der Waals surface area (Å²) < 4.78 is 1.83. The lowest BCUT2D eigenvalue weighted by Gasteiger charge is -2.07. The number of para-hydroxylation sites is 1. The molecule has 0 saturated heterocycles. The van der Waals surface area contributed by atoms with Crippen molar-refractivity contribution in [3.8, 4) is 17.0 Å². The Balaban J connectivity index is 2.16. The van der Waals surface area contributed by atoms with Crippen LogP contribution in [0.15, 0.2) is 76.7 Å². The summed E-state index contributed by atoms with van der Waals surface area (Å²) >= 11 is 1.54. The Bertz CT molecular complexity index is 1010. The molecule has 0 spiro atoms. The Morgan fingerprint density at radius 3 is 2.62 bits per heavy atom. The molecule has 1 N–H and O–H groups in total. The summed E-state index contributed by atoms with van der Waals surface area (Å²) in [4.78, 5) is 5.34. The smallest absolute Gasteiger partial charge is 0.206 e. The largest absolute Gasteiger partial charge is 0.507 e. The second-order valence-electron chi connectivity index (χ2n) is 5.91. The van der Waals surface area contributed by atoms with Gasteiger partial charge in [-0.15, -0.1) is 17.9 Å². The highest BCUT2D eigenvalue weighted by molar-refractivity contribution is 7.07. The third-order valence-corrected chi connectivity index (χ3v) is 4.79. The van der Waals surface area contributed by atoms with Crippen LogP contribution in [0.2, 0.25) is 0 Å². The van der Waals surface area contributed by atoms with E-state index in [1.807, 2.05) is 29.1 Å². The number of hydrogen-bond donors (Lipinski definition) is 1. The lowest BCUT2D eigenvalue weighted by atomic mass is 10.1. The fraction of sp³-hybridized carbons (Fsp3) is 0.143. The second-order valence-corrected chi connectivity index (χ2v) is 6.75. The maximum Gasteiger partial charge on any atom is 0.206 e. The van der Waals surface area contributed by atoms with Crippen molar-refractivity contribution in [3.63, 3.8) is 0 Å². The van der Waals surface area contributed by atoms with E-state index in [-0.39, 0.29) is 5.75 Å². The first-order chi connectivity index (χ1) is 12.6. The minimum absolute atomic E-state index is 0.214. The summed E-state index contributed by atoms with van der Waals surface area (Å²) in [6.45, 7) is 8.21. The number of nitrogens with zero attached hydrogens (tertiary/aromatic N) is 3. The number of aromatic nitrogens is 1. The van der Waals surface area contributed by atoms with Crippen LogP contribution in [0.3, 0.4) is 0 Å². The molecule has 3 rings (SSSR count). The van der Waals surface area contributed by atoms with E-state index in [4.69, 9.17) is 5.10 Å². The first-order valence-corrected chi connectivity index (χ1v) is 9.21. The number of aromatic hydroxyl groups is 1. The highest BCUT2D eigenvalue weighted by Crippen LogP contribution is 2.22. The lowest BCUT2D eigenvalue weighted by molar-refractivity contribution is 0.474. The van der Waals surface area contributed by atoms with Gasteiger partial charge in [0.25, 0.3) is 0 Å². The van der Waals surface area contributed by atoms with E-state index in [9.17, 15) is 5.11 Å². The van der Waals surface area contributed by atoms with Crippen molar-refractivity contribution in [1.29, 1.82) is 0 Å². The maximum absolute atomic E-state index is 10.1. The normalized spacial score (nSPS) is 12.4. The predicted octanol–water partition coefficient (Wildman–Crippen LogP) is 4.59. The molecule has 132 valence electrons. The summed E-state index contributed by atoms with van der Waals surface area (Å²) in [5.41, 5.74) is 4.67. The molecular formula is C21H21N3OS. The van der Waals surface area contributed by atoms with E-state index in [0.29, 0.717) is 12.1 Å². The molecule has 0 aliphatic heterocycles. The average Bonchev–Trinajstić information content (AvgIpc) is 3.03. The standard InChI is InChI=1S/C21H21N3OS/c1-4-13-22-21-24(23-16(3)18-7-5-6-8-20(18)25)19(14-26-21)17-11-9-15(2)10-12-17/h4-12,14,25H,1,13H2,2-3H3. The number of benzene rings is 2. The van der Waals surface area contributed by atoms with Crippen LogP contribution in [0.25, 0.3) is 11.3 Å². The molecule has 0 fully saturated rings. The summed E-state index contributed by atoms with van der Waals surface area (Å²) in [7, 11) is 0. The highest BCUT2D eigenvalue weighted by Gasteiger charge is 2.10. The first kappa shape index (κ1) is 17.9. The Morgan fingerprint density at radius 1 is 1.19 bits per heavy atom. The quantitative estimate of drug-likeness (QED) is 0.523. The third kappa shape index (κ3) is 3.83. The van der Waals surface area contributed by atoms with E-state index in [1.165, 1.54) is 16.9 Å². The zero-order valence-corrected chi connectivity index (χ0v) is 15.7. The van der Waals surface area contributed by atoms with E-state index in [0.717, 1.165) is 21.8 Å². The molecule has 0 radical (unpaired) electrons. The van der Waals surface area contributed by atoms with Crippen molar-refractivity contribution in [3.05, 3.63) is 82.5 Å². The maximum atomic E-state index is 10.1. The molecule has 4 nitrogen and oxygen atoms in total. The van der Waals surface area contributed by atoms with Gasteiger partial charge in [0.05, 0.1) is 18.0 Å². The van der Waals surface area contributed by atoms with Crippen LogP contribution in [-0.2, 0) is 0 Å². The van der Waals surface area contributed by atoms with Gasteiger partial charge in [-0.1, -0.05) is 48.0 Å². The van der Waals surface area contributed by atoms with Gasteiger partial charge >= 0.3 is 0 Å². The van der Waals surface area contributed by atoms with E-state index >= 15 is 0 Å². The summed E-state index contributed by atoms with van der Waals surface area (Å²) in [5, 5.41) is 16.9. The van der Waals surface area contributed by atoms with Crippen molar-refractivity contribution in [2.24, 2.45) is 10.1 Å². The summed E-state index contributed by atoms with van der Waals surface area (Å²) in [6.07, 6.45) is 1.76. The van der Waals surface area contributed by atoms with Gasteiger partial charge in [-0.3, -0.25) is 4.99 Å². The van der Waals surface area contributed by atoms with Gasteiger partial charge in [0.1, 0.15) is 5.75 Å². The minimum atomic E-state index is 0.214. The molecule has 1 aromatic heterocycles. The molecule has 0 saturated carbocycles. The fourth-order valence-electron chi connectivity index (χ4n) is 2.55. The van der Waals surface area contributed by atoms with Gasteiger partial charge in [-0.25, -0.2) is 4.68 Å². The Labute approximate surface area is 157 Å². The van der Waals surface area contributed by atoms with Gasteiger partial charge in [0.2, 0.25) is 4.80 Å². The number of aryl methyl sites for hydroxylation is 1. The highest BCUT2D eigenvalue weighted by atomic mass is 32.1. The number of thiazole rings is 1. The SMILES string of the molecule is C=CCN=c1scc(-c2ccc(C)cc2)n1N=C(C)c1ccccc1O. The molecule has 2 aromatic carbocycles. The van der Waals surface area contributed by atoms with Crippen molar-refractivity contribution in [2.45, 2.75) is 13.8 Å². The first-order valence-electron chi connectivity index (χ1n) is 8.33.